The van der Waals surface area contributed by atoms with Gasteiger partial charge in [0, 0.05) is 4.88 Å². The third-order valence-corrected chi connectivity index (χ3v) is 4.15. The minimum absolute atomic E-state index is 0.403. The van der Waals surface area contributed by atoms with Crippen LogP contribution in [0.25, 0.3) is 6.08 Å². The Kier molecular flexibility index (Phi) is 4.11. The van der Waals surface area contributed by atoms with E-state index < -0.39 is 5.41 Å². The average Bonchev–Trinajstić information content (AvgIpc) is 2.94. The van der Waals surface area contributed by atoms with E-state index in [2.05, 4.69) is 24.3 Å². The second-order valence-electron chi connectivity index (χ2n) is 4.53. The number of rotatable bonds is 5. The van der Waals surface area contributed by atoms with Crippen LogP contribution >= 0.6 is 11.3 Å². The smallest absolute Gasteiger partial charge is 0.131 e. The lowest BCUT2D eigenvalue weighted by molar-refractivity contribution is -0.111. The Hall–Kier alpha value is -1.67. The molecule has 1 aromatic heterocycles. The summed E-state index contributed by atoms with van der Waals surface area (Å²) in [6, 6.07) is 14.1. The zero-order valence-corrected chi connectivity index (χ0v) is 11.2. The number of aldehydes is 1. The van der Waals surface area contributed by atoms with E-state index in [1.54, 1.807) is 11.3 Å². The lowest BCUT2D eigenvalue weighted by Gasteiger charge is -2.19. The predicted octanol–water partition coefficient (Wildman–Crippen LogP) is 4.31. The summed E-state index contributed by atoms with van der Waals surface area (Å²) < 4.78 is 0. The van der Waals surface area contributed by atoms with Crippen LogP contribution in [0.3, 0.4) is 0 Å². The second-order valence-corrected chi connectivity index (χ2v) is 5.48. The maximum absolute atomic E-state index is 11.3. The highest BCUT2D eigenvalue weighted by molar-refractivity contribution is 7.10. The summed E-state index contributed by atoms with van der Waals surface area (Å²) in [5.74, 6) is 0. The highest BCUT2D eigenvalue weighted by Crippen LogP contribution is 2.29. The Balaban J connectivity index is 2.08. The minimum atomic E-state index is -0.403. The van der Waals surface area contributed by atoms with Crippen LogP contribution in [0.5, 0.6) is 0 Å². The first kappa shape index (κ1) is 12.8. The Morgan fingerprint density at radius 1 is 1.17 bits per heavy atom. The minimum Gasteiger partial charge on any atom is -0.302 e. The van der Waals surface area contributed by atoms with Crippen LogP contribution in [0, 0.1) is 0 Å². The fraction of sp³-hybridized carbons (Fsp3) is 0.188. The second kappa shape index (κ2) is 5.78. The standard InChI is InChI=1S/C16H16OS/c1-16(13-17,15-10-6-12-18-15)11-5-9-14-7-3-2-4-8-14/h2-10,12-13H,11H2,1H3/b9-5+/t16-/m1/s1. The number of allylic oxidation sites excluding steroid dienone is 1. The van der Waals surface area contributed by atoms with Gasteiger partial charge in [-0.15, -0.1) is 11.3 Å². The lowest BCUT2D eigenvalue weighted by Crippen LogP contribution is -2.21. The molecule has 0 aliphatic rings. The number of hydrogen-bond acceptors (Lipinski definition) is 2. The zero-order valence-electron chi connectivity index (χ0n) is 10.4. The van der Waals surface area contributed by atoms with Gasteiger partial charge in [-0.05, 0) is 30.4 Å². The first-order chi connectivity index (χ1) is 8.74. The third-order valence-electron chi connectivity index (χ3n) is 3.00. The molecular weight excluding hydrogens is 240 g/mol. The summed E-state index contributed by atoms with van der Waals surface area (Å²) in [5.41, 5.74) is 0.760. The Morgan fingerprint density at radius 3 is 2.56 bits per heavy atom. The largest absolute Gasteiger partial charge is 0.302 e. The fourth-order valence-corrected chi connectivity index (χ4v) is 2.68. The molecule has 0 saturated carbocycles. The van der Waals surface area contributed by atoms with Crippen molar-refractivity contribution in [3.05, 3.63) is 64.4 Å². The van der Waals surface area contributed by atoms with Gasteiger partial charge in [0.15, 0.2) is 0 Å². The molecule has 1 heterocycles. The van der Waals surface area contributed by atoms with Crippen molar-refractivity contribution in [3.8, 4) is 0 Å². The fourth-order valence-electron chi connectivity index (χ4n) is 1.81. The van der Waals surface area contributed by atoms with Crippen molar-refractivity contribution in [2.45, 2.75) is 18.8 Å². The van der Waals surface area contributed by atoms with Gasteiger partial charge in [-0.2, -0.15) is 0 Å². The molecule has 92 valence electrons. The number of thiophene rings is 1. The average molecular weight is 256 g/mol. The molecule has 0 aliphatic carbocycles. The van der Waals surface area contributed by atoms with Gasteiger partial charge in [0.2, 0.25) is 0 Å². The van der Waals surface area contributed by atoms with Gasteiger partial charge in [0.05, 0.1) is 5.41 Å². The summed E-state index contributed by atoms with van der Waals surface area (Å²) in [6.07, 6.45) is 5.92. The Morgan fingerprint density at radius 2 is 1.94 bits per heavy atom. The number of benzene rings is 1. The van der Waals surface area contributed by atoms with Gasteiger partial charge in [-0.25, -0.2) is 0 Å². The quantitative estimate of drug-likeness (QED) is 0.729. The molecule has 0 N–H and O–H groups in total. The van der Waals surface area contributed by atoms with Crippen LogP contribution < -0.4 is 0 Å². The molecular formula is C16H16OS. The molecule has 0 spiro atoms. The van der Waals surface area contributed by atoms with Gasteiger partial charge < -0.3 is 4.79 Å². The molecule has 0 radical (unpaired) electrons. The summed E-state index contributed by atoms with van der Waals surface area (Å²) in [7, 11) is 0. The summed E-state index contributed by atoms with van der Waals surface area (Å²) in [6.45, 7) is 1.99. The number of carbonyl (C=O) groups is 1. The maximum Gasteiger partial charge on any atom is 0.131 e. The van der Waals surface area contributed by atoms with E-state index in [0.29, 0.717) is 0 Å². The van der Waals surface area contributed by atoms with Crippen LogP contribution in [0.15, 0.2) is 53.9 Å². The Labute approximate surface area is 112 Å². The first-order valence-electron chi connectivity index (χ1n) is 5.96. The van der Waals surface area contributed by atoms with Gasteiger partial charge in [-0.1, -0.05) is 48.6 Å². The van der Waals surface area contributed by atoms with Crippen LogP contribution in [0.2, 0.25) is 0 Å². The molecule has 0 unspecified atom stereocenters. The van der Waals surface area contributed by atoms with E-state index in [4.69, 9.17) is 0 Å². The summed E-state index contributed by atoms with van der Waals surface area (Å²) >= 11 is 1.64. The summed E-state index contributed by atoms with van der Waals surface area (Å²) in [5, 5.41) is 2.01. The van der Waals surface area contributed by atoms with Crippen molar-refractivity contribution in [1.29, 1.82) is 0 Å². The third kappa shape index (κ3) is 2.96. The molecule has 0 amide bonds. The van der Waals surface area contributed by atoms with Crippen molar-refractivity contribution < 1.29 is 4.79 Å². The van der Waals surface area contributed by atoms with Crippen LogP contribution in [-0.2, 0) is 10.2 Å². The molecule has 18 heavy (non-hydrogen) atoms. The lowest BCUT2D eigenvalue weighted by atomic mass is 9.86. The first-order valence-corrected chi connectivity index (χ1v) is 6.84. The van der Waals surface area contributed by atoms with Crippen molar-refractivity contribution in [1.82, 2.24) is 0 Å². The molecule has 0 fully saturated rings. The van der Waals surface area contributed by atoms with Crippen LogP contribution in [-0.4, -0.2) is 6.29 Å². The molecule has 2 aromatic rings. The Bertz CT molecular complexity index is 513. The number of carbonyl (C=O) groups excluding carboxylic acids is 1. The molecule has 1 atom stereocenters. The molecule has 1 nitrogen and oxygen atoms in total. The van der Waals surface area contributed by atoms with Crippen LogP contribution in [0.1, 0.15) is 23.8 Å². The number of hydrogen-bond donors (Lipinski definition) is 0. The van der Waals surface area contributed by atoms with E-state index >= 15 is 0 Å². The normalized spacial score (nSPS) is 14.5. The molecule has 2 rings (SSSR count). The monoisotopic (exact) mass is 256 g/mol. The summed E-state index contributed by atoms with van der Waals surface area (Å²) in [4.78, 5) is 12.5. The van der Waals surface area contributed by atoms with Crippen molar-refractivity contribution in [2.24, 2.45) is 0 Å². The van der Waals surface area contributed by atoms with Crippen molar-refractivity contribution in [2.75, 3.05) is 0 Å². The predicted molar refractivity (Wildman–Crippen MR) is 77.8 cm³/mol. The van der Waals surface area contributed by atoms with E-state index in [1.807, 2.05) is 42.6 Å². The molecule has 0 bridgehead atoms. The van der Waals surface area contributed by atoms with Crippen LogP contribution in [0.4, 0.5) is 0 Å². The van der Waals surface area contributed by atoms with Gasteiger partial charge >= 0.3 is 0 Å². The van der Waals surface area contributed by atoms with E-state index in [1.165, 1.54) is 0 Å². The van der Waals surface area contributed by atoms with Crippen molar-refractivity contribution in [3.63, 3.8) is 0 Å². The molecule has 1 aromatic carbocycles. The maximum atomic E-state index is 11.3. The highest BCUT2D eigenvalue weighted by Gasteiger charge is 2.25. The highest BCUT2D eigenvalue weighted by atomic mass is 32.1. The van der Waals surface area contributed by atoms with Gasteiger partial charge in [-0.3, -0.25) is 0 Å². The van der Waals surface area contributed by atoms with E-state index in [0.717, 1.165) is 23.1 Å². The van der Waals surface area contributed by atoms with E-state index in [-0.39, 0.29) is 0 Å². The topological polar surface area (TPSA) is 17.1 Å². The van der Waals surface area contributed by atoms with Crippen molar-refractivity contribution >= 4 is 23.7 Å². The SMILES string of the molecule is C[C@](C=O)(C/C=C/c1ccccc1)c1cccs1. The molecule has 0 saturated heterocycles. The van der Waals surface area contributed by atoms with E-state index in [9.17, 15) is 4.79 Å². The molecule has 2 heteroatoms. The zero-order chi connectivity index (χ0) is 12.8. The van der Waals surface area contributed by atoms with Gasteiger partial charge in [0.25, 0.3) is 0 Å². The molecule has 0 aliphatic heterocycles. The van der Waals surface area contributed by atoms with Gasteiger partial charge in [0.1, 0.15) is 6.29 Å².